The minimum absolute atomic E-state index is 0.0770. The van der Waals surface area contributed by atoms with Crippen LogP contribution in [0.2, 0.25) is 0 Å². The third-order valence-electron chi connectivity index (χ3n) is 5.34. The molecular formula is C20H25N3O4. The molecule has 2 N–H and O–H groups in total. The van der Waals surface area contributed by atoms with Crippen molar-refractivity contribution in [2.75, 3.05) is 0 Å². The first-order valence-electron chi connectivity index (χ1n) is 9.49. The summed E-state index contributed by atoms with van der Waals surface area (Å²) in [4.78, 5) is 41.4. The van der Waals surface area contributed by atoms with E-state index in [4.69, 9.17) is 0 Å². The van der Waals surface area contributed by atoms with Crippen LogP contribution >= 0.6 is 0 Å². The topological polar surface area (TPSA) is 101 Å². The summed E-state index contributed by atoms with van der Waals surface area (Å²) in [5.74, 6) is -0.961. The smallest absolute Gasteiger partial charge is 0.326 e. The number of aryl methyl sites for hydroxylation is 1. The van der Waals surface area contributed by atoms with E-state index in [0.717, 1.165) is 31.5 Å². The maximum absolute atomic E-state index is 12.7. The monoisotopic (exact) mass is 371 g/mol. The fourth-order valence-electron chi connectivity index (χ4n) is 3.47. The van der Waals surface area contributed by atoms with Crippen LogP contribution in [-0.2, 0) is 17.8 Å². The molecule has 1 aliphatic heterocycles. The first kappa shape index (κ1) is 19.1. The van der Waals surface area contributed by atoms with Crippen molar-refractivity contribution < 1.29 is 14.7 Å². The number of benzene rings is 1. The number of carboxylic acid groups (broad SMARTS) is 1. The van der Waals surface area contributed by atoms with Crippen LogP contribution in [0, 0.1) is 5.92 Å². The third-order valence-corrected chi connectivity index (χ3v) is 5.34. The van der Waals surface area contributed by atoms with Crippen molar-refractivity contribution >= 4 is 22.8 Å². The van der Waals surface area contributed by atoms with Gasteiger partial charge < -0.3 is 10.4 Å². The quantitative estimate of drug-likeness (QED) is 0.840. The number of carbonyl (C=O) groups excluding carboxylic acids is 1. The summed E-state index contributed by atoms with van der Waals surface area (Å²) in [7, 11) is 0. The lowest BCUT2D eigenvalue weighted by Crippen LogP contribution is -2.45. The molecule has 144 valence electrons. The SMILES string of the molecule is CC[C@H](C)[C@H](NC(=O)c1ccc2c(=O)n3c(nc2c1)CCCCC3)C(=O)O. The summed E-state index contributed by atoms with van der Waals surface area (Å²) < 4.78 is 1.73. The van der Waals surface area contributed by atoms with Gasteiger partial charge in [0, 0.05) is 18.5 Å². The number of aromatic nitrogens is 2. The molecule has 3 rings (SSSR count). The summed E-state index contributed by atoms with van der Waals surface area (Å²) in [6, 6.07) is 3.79. The molecule has 0 bridgehead atoms. The second-order valence-corrected chi connectivity index (χ2v) is 7.20. The third kappa shape index (κ3) is 3.86. The van der Waals surface area contributed by atoms with E-state index < -0.39 is 17.9 Å². The predicted octanol–water partition coefficient (Wildman–Crippen LogP) is 2.35. The number of fused-ring (bicyclic) bond motifs is 2. The second kappa shape index (κ2) is 7.90. The van der Waals surface area contributed by atoms with Crippen LogP contribution in [0.25, 0.3) is 10.9 Å². The lowest BCUT2D eigenvalue weighted by molar-refractivity contribution is -0.140. The first-order chi connectivity index (χ1) is 12.9. The highest BCUT2D eigenvalue weighted by Crippen LogP contribution is 2.17. The van der Waals surface area contributed by atoms with Crippen molar-refractivity contribution in [3.05, 3.63) is 39.9 Å². The van der Waals surface area contributed by atoms with Gasteiger partial charge in [-0.1, -0.05) is 26.7 Å². The summed E-state index contributed by atoms with van der Waals surface area (Å²) in [5, 5.41) is 12.4. The standard InChI is InChI=1S/C20H25N3O4/c1-3-12(2)17(20(26)27)22-18(24)13-8-9-14-15(11-13)21-16-7-5-4-6-10-23(16)19(14)25/h8-9,11-12,17H,3-7,10H2,1-2H3,(H,22,24)(H,26,27)/t12-,17-/m0/s1. The van der Waals surface area contributed by atoms with Gasteiger partial charge in [0.05, 0.1) is 10.9 Å². The molecule has 27 heavy (non-hydrogen) atoms. The second-order valence-electron chi connectivity index (χ2n) is 7.20. The van der Waals surface area contributed by atoms with Gasteiger partial charge in [0.25, 0.3) is 11.5 Å². The van der Waals surface area contributed by atoms with E-state index in [-0.39, 0.29) is 11.5 Å². The number of carboxylic acids is 1. The highest BCUT2D eigenvalue weighted by molar-refractivity contribution is 5.99. The van der Waals surface area contributed by atoms with E-state index in [1.807, 2.05) is 6.92 Å². The molecule has 0 fully saturated rings. The molecule has 1 amide bonds. The molecule has 2 heterocycles. The maximum Gasteiger partial charge on any atom is 0.326 e. The van der Waals surface area contributed by atoms with Crippen LogP contribution in [0.3, 0.4) is 0 Å². The highest BCUT2D eigenvalue weighted by Gasteiger charge is 2.26. The van der Waals surface area contributed by atoms with Crippen molar-refractivity contribution in [3.63, 3.8) is 0 Å². The molecule has 0 spiro atoms. The molecule has 1 aromatic heterocycles. The fourth-order valence-corrected chi connectivity index (χ4v) is 3.47. The van der Waals surface area contributed by atoms with E-state index in [1.54, 1.807) is 29.7 Å². The Morgan fingerprint density at radius 1 is 1.30 bits per heavy atom. The molecule has 2 atom stereocenters. The van der Waals surface area contributed by atoms with Crippen LogP contribution in [-0.4, -0.2) is 32.6 Å². The van der Waals surface area contributed by atoms with Crippen molar-refractivity contribution in [2.45, 2.75) is 58.5 Å². The number of amides is 1. The lowest BCUT2D eigenvalue weighted by Gasteiger charge is -2.20. The average molecular weight is 371 g/mol. The van der Waals surface area contributed by atoms with Crippen LogP contribution in [0.15, 0.2) is 23.0 Å². The average Bonchev–Trinajstić information content (AvgIpc) is 2.90. The Hall–Kier alpha value is -2.70. The predicted molar refractivity (Wildman–Crippen MR) is 102 cm³/mol. The molecule has 2 aromatic rings. The molecule has 7 nitrogen and oxygen atoms in total. The number of nitrogens with zero attached hydrogens (tertiary/aromatic N) is 2. The van der Waals surface area contributed by atoms with Gasteiger partial charge in [-0.25, -0.2) is 9.78 Å². The van der Waals surface area contributed by atoms with Gasteiger partial charge in [0.15, 0.2) is 0 Å². The van der Waals surface area contributed by atoms with Gasteiger partial charge >= 0.3 is 5.97 Å². The summed E-state index contributed by atoms with van der Waals surface area (Å²) in [6.07, 6.45) is 4.41. The fraction of sp³-hybridized carbons (Fsp3) is 0.500. The molecule has 0 radical (unpaired) electrons. The van der Waals surface area contributed by atoms with Gasteiger partial charge in [-0.05, 0) is 37.0 Å². The Bertz CT molecular complexity index is 935. The van der Waals surface area contributed by atoms with Crippen LogP contribution in [0.1, 0.15) is 55.7 Å². The molecule has 0 unspecified atom stereocenters. The Morgan fingerprint density at radius 2 is 2.07 bits per heavy atom. The zero-order chi connectivity index (χ0) is 19.6. The molecule has 1 aliphatic rings. The number of nitrogens with one attached hydrogen (secondary N) is 1. The minimum Gasteiger partial charge on any atom is -0.480 e. The Morgan fingerprint density at radius 3 is 2.78 bits per heavy atom. The maximum atomic E-state index is 12.7. The van der Waals surface area contributed by atoms with E-state index >= 15 is 0 Å². The van der Waals surface area contributed by atoms with Gasteiger partial charge in [-0.2, -0.15) is 0 Å². The summed E-state index contributed by atoms with van der Waals surface area (Å²) >= 11 is 0. The Labute approximate surface area is 157 Å². The van der Waals surface area contributed by atoms with Crippen LogP contribution in [0.5, 0.6) is 0 Å². The first-order valence-corrected chi connectivity index (χ1v) is 9.49. The van der Waals surface area contributed by atoms with Gasteiger partial charge in [0.1, 0.15) is 11.9 Å². The molecule has 0 saturated carbocycles. The van der Waals surface area contributed by atoms with Crippen LogP contribution < -0.4 is 10.9 Å². The van der Waals surface area contributed by atoms with Crippen molar-refractivity contribution in [3.8, 4) is 0 Å². The summed E-state index contributed by atoms with van der Waals surface area (Å²) in [5.41, 5.74) is 0.714. The zero-order valence-corrected chi connectivity index (χ0v) is 15.7. The normalized spacial score (nSPS) is 16.2. The van der Waals surface area contributed by atoms with Crippen LogP contribution in [0.4, 0.5) is 0 Å². The highest BCUT2D eigenvalue weighted by atomic mass is 16.4. The largest absolute Gasteiger partial charge is 0.480 e. The van der Waals surface area contributed by atoms with Gasteiger partial charge in [0.2, 0.25) is 0 Å². The number of hydrogen-bond acceptors (Lipinski definition) is 4. The zero-order valence-electron chi connectivity index (χ0n) is 15.7. The van der Waals surface area contributed by atoms with Crippen molar-refractivity contribution in [1.82, 2.24) is 14.9 Å². The van der Waals surface area contributed by atoms with Gasteiger partial charge in [-0.3, -0.25) is 14.2 Å². The molecule has 0 aliphatic carbocycles. The molecule has 1 aromatic carbocycles. The van der Waals surface area contributed by atoms with Crippen molar-refractivity contribution in [2.24, 2.45) is 5.92 Å². The Balaban J connectivity index is 1.95. The molecule has 7 heteroatoms. The number of aliphatic carboxylic acids is 1. The van der Waals surface area contributed by atoms with E-state index in [9.17, 15) is 19.5 Å². The van der Waals surface area contributed by atoms with E-state index in [2.05, 4.69) is 10.3 Å². The molecular weight excluding hydrogens is 346 g/mol. The summed E-state index contributed by atoms with van der Waals surface area (Å²) in [6.45, 7) is 4.34. The lowest BCUT2D eigenvalue weighted by atomic mass is 9.99. The van der Waals surface area contributed by atoms with E-state index in [1.165, 1.54) is 0 Å². The van der Waals surface area contributed by atoms with Gasteiger partial charge in [-0.15, -0.1) is 0 Å². The number of hydrogen-bond donors (Lipinski definition) is 2. The number of rotatable bonds is 5. The van der Waals surface area contributed by atoms with Crippen molar-refractivity contribution in [1.29, 1.82) is 0 Å². The van der Waals surface area contributed by atoms with E-state index in [0.29, 0.717) is 29.4 Å². The minimum atomic E-state index is -1.06. The number of carbonyl (C=O) groups is 2. The molecule has 0 saturated heterocycles. The Kier molecular flexibility index (Phi) is 5.58.